The van der Waals surface area contributed by atoms with Crippen molar-refractivity contribution in [3.63, 3.8) is 0 Å². The summed E-state index contributed by atoms with van der Waals surface area (Å²) in [5.74, 6) is -0.405. The monoisotopic (exact) mass is 467 g/mol. The van der Waals surface area contributed by atoms with Gasteiger partial charge in [-0.15, -0.1) is 0 Å². The number of halogens is 2. The second-order valence-corrected chi connectivity index (χ2v) is 8.89. The van der Waals surface area contributed by atoms with Crippen LogP contribution >= 0.6 is 23.2 Å². The Morgan fingerprint density at radius 2 is 2.00 bits per heavy atom. The van der Waals surface area contributed by atoms with Crippen LogP contribution in [0.4, 0.5) is 0 Å². The minimum atomic E-state index is -0.659. The summed E-state index contributed by atoms with van der Waals surface area (Å²) in [6, 6.07) is 4.22. The van der Waals surface area contributed by atoms with Gasteiger partial charge >= 0.3 is 11.9 Å². The van der Waals surface area contributed by atoms with Crippen molar-refractivity contribution in [2.24, 2.45) is 5.92 Å². The molecule has 7 nitrogen and oxygen atoms in total. The number of cyclic esters (lactones) is 1. The zero-order valence-electron chi connectivity index (χ0n) is 17.9. The molecule has 2 heterocycles. The summed E-state index contributed by atoms with van der Waals surface area (Å²) in [6.07, 6.45) is 4.35. The van der Waals surface area contributed by atoms with Gasteiger partial charge in [-0.1, -0.05) is 37.0 Å². The molecule has 9 heteroatoms. The van der Waals surface area contributed by atoms with Crippen LogP contribution in [0, 0.1) is 5.92 Å². The minimum absolute atomic E-state index is 0.0672. The van der Waals surface area contributed by atoms with Gasteiger partial charge in [0.05, 0.1) is 12.9 Å². The number of benzene rings is 1. The highest BCUT2D eigenvalue weighted by atomic mass is 35.5. The Kier molecular flexibility index (Phi) is 7.97. The third kappa shape index (κ3) is 5.99. The molecule has 31 heavy (non-hydrogen) atoms. The van der Waals surface area contributed by atoms with E-state index in [4.69, 9.17) is 32.7 Å². The Bertz CT molecular complexity index is 911. The number of esters is 2. The van der Waals surface area contributed by atoms with Crippen LogP contribution in [0.2, 0.25) is 10.0 Å². The number of rotatable bonds is 9. The fourth-order valence-electron chi connectivity index (χ4n) is 3.78. The average Bonchev–Trinajstić information content (AvgIpc) is 3.25. The first-order valence-electron chi connectivity index (χ1n) is 10.3. The third-order valence-electron chi connectivity index (χ3n) is 5.16. The van der Waals surface area contributed by atoms with Gasteiger partial charge < -0.3 is 14.0 Å². The predicted molar refractivity (Wildman–Crippen MR) is 118 cm³/mol. The van der Waals surface area contributed by atoms with Crippen molar-refractivity contribution >= 4 is 35.1 Å². The summed E-state index contributed by atoms with van der Waals surface area (Å²) in [7, 11) is 0. The molecule has 0 radical (unpaired) electrons. The molecule has 3 rings (SSSR count). The topological polar surface area (TPSA) is 73.7 Å². The van der Waals surface area contributed by atoms with Gasteiger partial charge in [-0.05, 0) is 43.0 Å². The molecule has 1 fully saturated rings. The van der Waals surface area contributed by atoms with Gasteiger partial charge in [-0.3, -0.25) is 9.59 Å². The van der Waals surface area contributed by atoms with Crippen LogP contribution in [0.25, 0.3) is 0 Å². The number of carbonyl (C=O) groups excluding carboxylic acids is 2. The Morgan fingerprint density at radius 3 is 2.65 bits per heavy atom. The molecule has 1 aromatic carbocycles. The van der Waals surface area contributed by atoms with Crippen molar-refractivity contribution in [3.05, 3.63) is 52.0 Å². The highest BCUT2D eigenvalue weighted by Crippen LogP contribution is 2.25. The van der Waals surface area contributed by atoms with Crippen molar-refractivity contribution in [3.8, 4) is 0 Å². The van der Waals surface area contributed by atoms with E-state index in [1.807, 2.05) is 30.5 Å². The fraction of sp³-hybridized carbons (Fsp3) is 0.500. The number of hydrogen-bond acceptors (Lipinski definition) is 6. The number of hydrogen-bond donors (Lipinski definition) is 0. The maximum atomic E-state index is 12.9. The standard InChI is InChI=1S/C22H27Cl2N3O4/c1-4-30-21(28)20(27-13-31-22(29)19(27)5-14(2)3)9-18-10-25-12-26(18)11-15-6-16(23)8-17(24)7-15/h6-8,10,12,14,19-20H,4-5,9,11,13H2,1-3H3. The average molecular weight is 468 g/mol. The summed E-state index contributed by atoms with van der Waals surface area (Å²) < 4.78 is 12.6. The lowest BCUT2D eigenvalue weighted by molar-refractivity contribution is -0.150. The number of imidazole rings is 1. The second kappa shape index (κ2) is 10.5. The van der Waals surface area contributed by atoms with Gasteiger partial charge in [0.25, 0.3) is 0 Å². The molecule has 2 atom stereocenters. The van der Waals surface area contributed by atoms with E-state index in [0.29, 0.717) is 29.4 Å². The molecule has 1 aromatic heterocycles. The van der Waals surface area contributed by atoms with Crippen LogP contribution in [0.3, 0.4) is 0 Å². The molecule has 0 aliphatic carbocycles. The van der Waals surface area contributed by atoms with Crippen LogP contribution in [0.5, 0.6) is 0 Å². The summed E-state index contributed by atoms with van der Waals surface area (Å²) in [5, 5.41) is 1.11. The Hall–Kier alpha value is -2.09. The first-order chi connectivity index (χ1) is 14.8. The molecule has 0 N–H and O–H groups in total. The molecule has 0 spiro atoms. The molecule has 1 aliphatic rings. The first kappa shape index (κ1) is 23.6. The summed E-state index contributed by atoms with van der Waals surface area (Å²) in [4.78, 5) is 31.2. The van der Waals surface area contributed by atoms with E-state index >= 15 is 0 Å². The van der Waals surface area contributed by atoms with Gasteiger partial charge in [0, 0.05) is 34.9 Å². The normalized spacial score (nSPS) is 17.7. The summed E-state index contributed by atoms with van der Waals surface area (Å²) >= 11 is 12.2. The molecule has 2 aromatic rings. The molecule has 1 aliphatic heterocycles. The van der Waals surface area contributed by atoms with Crippen LogP contribution in [0.15, 0.2) is 30.7 Å². The lowest BCUT2D eigenvalue weighted by atomic mass is 10.0. The Morgan fingerprint density at radius 1 is 1.29 bits per heavy atom. The van der Waals surface area contributed by atoms with Crippen molar-refractivity contribution in [1.29, 1.82) is 0 Å². The van der Waals surface area contributed by atoms with Crippen LogP contribution in [-0.4, -0.2) is 51.8 Å². The van der Waals surface area contributed by atoms with Crippen molar-refractivity contribution in [1.82, 2.24) is 14.5 Å². The highest BCUT2D eigenvalue weighted by Gasteiger charge is 2.42. The van der Waals surface area contributed by atoms with Gasteiger partial charge in [-0.2, -0.15) is 0 Å². The number of aromatic nitrogens is 2. The quantitative estimate of drug-likeness (QED) is 0.519. The SMILES string of the molecule is CCOC(=O)C(Cc1cncn1Cc1cc(Cl)cc(Cl)c1)N1COC(=O)C1CC(C)C. The van der Waals surface area contributed by atoms with E-state index in [-0.39, 0.29) is 31.2 Å². The summed E-state index contributed by atoms with van der Waals surface area (Å²) in [5.41, 5.74) is 1.75. The maximum absolute atomic E-state index is 12.9. The second-order valence-electron chi connectivity index (χ2n) is 8.01. The largest absolute Gasteiger partial charge is 0.465 e. The number of nitrogens with zero attached hydrogens (tertiary/aromatic N) is 3. The Labute approximate surface area is 192 Å². The third-order valence-corrected chi connectivity index (χ3v) is 5.59. The predicted octanol–water partition coefficient (Wildman–Crippen LogP) is 3.94. The van der Waals surface area contributed by atoms with E-state index in [1.54, 1.807) is 30.4 Å². The molecule has 0 bridgehead atoms. The molecular formula is C22H27Cl2N3O4. The van der Waals surface area contributed by atoms with E-state index in [1.165, 1.54) is 0 Å². The lowest BCUT2D eigenvalue weighted by Crippen LogP contribution is -2.48. The summed E-state index contributed by atoms with van der Waals surface area (Å²) in [6.45, 7) is 6.66. The fourth-order valence-corrected chi connectivity index (χ4v) is 4.35. The number of carbonyl (C=O) groups is 2. The zero-order valence-corrected chi connectivity index (χ0v) is 19.4. The van der Waals surface area contributed by atoms with Crippen LogP contribution in [0.1, 0.15) is 38.4 Å². The molecule has 168 valence electrons. The Balaban J connectivity index is 1.85. The van der Waals surface area contributed by atoms with Gasteiger partial charge in [-0.25, -0.2) is 9.88 Å². The van der Waals surface area contributed by atoms with Crippen LogP contribution < -0.4 is 0 Å². The van der Waals surface area contributed by atoms with E-state index in [0.717, 1.165) is 11.3 Å². The molecular weight excluding hydrogens is 441 g/mol. The van der Waals surface area contributed by atoms with Gasteiger partial charge in [0.2, 0.25) is 0 Å². The minimum Gasteiger partial charge on any atom is -0.465 e. The smallest absolute Gasteiger partial charge is 0.324 e. The van der Waals surface area contributed by atoms with Crippen molar-refractivity contribution in [2.45, 2.75) is 52.2 Å². The van der Waals surface area contributed by atoms with Gasteiger partial charge in [0.1, 0.15) is 18.8 Å². The van der Waals surface area contributed by atoms with Crippen LogP contribution in [-0.2, 0) is 32.0 Å². The first-order valence-corrected chi connectivity index (χ1v) is 11.1. The molecule has 0 amide bonds. The van der Waals surface area contributed by atoms with Crippen molar-refractivity contribution < 1.29 is 19.1 Å². The highest BCUT2D eigenvalue weighted by molar-refractivity contribution is 6.34. The van der Waals surface area contributed by atoms with E-state index < -0.39 is 12.1 Å². The van der Waals surface area contributed by atoms with E-state index in [9.17, 15) is 9.59 Å². The van der Waals surface area contributed by atoms with Crippen molar-refractivity contribution in [2.75, 3.05) is 13.3 Å². The zero-order chi connectivity index (χ0) is 22.5. The molecule has 1 saturated heterocycles. The van der Waals surface area contributed by atoms with Gasteiger partial charge in [0.15, 0.2) is 0 Å². The molecule has 2 unspecified atom stereocenters. The van der Waals surface area contributed by atoms with E-state index in [2.05, 4.69) is 4.98 Å². The number of ether oxygens (including phenoxy) is 2. The lowest BCUT2D eigenvalue weighted by Gasteiger charge is -2.29. The molecule has 0 saturated carbocycles. The maximum Gasteiger partial charge on any atom is 0.324 e.